The Labute approximate surface area is 139 Å². The van der Waals surface area contributed by atoms with Gasteiger partial charge in [-0.25, -0.2) is 9.59 Å². The highest BCUT2D eigenvalue weighted by Crippen LogP contribution is 2.07. The van der Waals surface area contributed by atoms with Crippen LogP contribution in [0.4, 0.5) is 0 Å². The van der Waals surface area contributed by atoms with E-state index in [1.54, 1.807) is 36.4 Å². The maximum absolute atomic E-state index is 12.2. The van der Waals surface area contributed by atoms with Crippen molar-refractivity contribution < 1.29 is 24.2 Å². The standard InChI is InChI=1S/C18H17NO5/c20-16(17(21)22)19-15(11-13-7-3-1-4-8-13)18(23)24-12-14-9-5-2-6-10-14/h1-10,15H,11-12H2,(H,19,20)(H,21,22). The molecule has 2 aromatic carbocycles. The van der Waals surface area contributed by atoms with E-state index in [2.05, 4.69) is 5.32 Å². The van der Waals surface area contributed by atoms with Gasteiger partial charge in [-0.1, -0.05) is 60.7 Å². The van der Waals surface area contributed by atoms with Gasteiger partial charge in [-0.15, -0.1) is 0 Å². The normalized spacial score (nSPS) is 11.3. The molecule has 0 aliphatic heterocycles. The summed E-state index contributed by atoms with van der Waals surface area (Å²) in [7, 11) is 0. The Morgan fingerprint density at radius 2 is 1.46 bits per heavy atom. The Kier molecular flexibility index (Phi) is 6.08. The molecule has 6 nitrogen and oxygen atoms in total. The topological polar surface area (TPSA) is 92.7 Å². The molecule has 0 saturated carbocycles. The fourth-order valence-corrected chi connectivity index (χ4v) is 2.09. The first-order chi connectivity index (χ1) is 11.6. The van der Waals surface area contributed by atoms with Crippen molar-refractivity contribution in [3.63, 3.8) is 0 Å². The predicted molar refractivity (Wildman–Crippen MR) is 86.0 cm³/mol. The molecule has 6 heteroatoms. The van der Waals surface area contributed by atoms with Gasteiger partial charge >= 0.3 is 17.8 Å². The van der Waals surface area contributed by atoms with Crippen molar-refractivity contribution in [2.24, 2.45) is 0 Å². The quantitative estimate of drug-likeness (QED) is 0.620. The van der Waals surface area contributed by atoms with Crippen LogP contribution in [0, 0.1) is 0 Å². The number of esters is 1. The average molecular weight is 327 g/mol. The maximum atomic E-state index is 12.2. The summed E-state index contributed by atoms with van der Waals surface area (Å²) in [5.41, 5.74) is 1.58. The smallest absolute Gasteiger partial charge is 0.394 e. The van der Waals surface area contributed by atoms with Gasteiger partial charge in [0.1, 0.15) is 12.6 Å². The van der Waals surface area contributed by atoms with Crippen LogP contribution in [-0.4, -0.2) is 29.0 Å². The molecule has 0 spiro atoms. The van der Waals surface area contributed by atoms with Crippen LogP contribution in [0.3, 0.4) is 0 Å². The van der Waals surface area contributed by atoms with Crippen LogP contribution in [0.15, 0.2) is 60.7 Å². The Balaban J connectivity index is 2.04. The molecule has 0 fully saturated rings. The summed E-state index contributed by atoms with van der Waals surface area (Å²) in [4.78, 5) is 34.4. The molecular weight excluding hydrogens is 310 g/mol. The monoisotopic (exact) mass is 327 g/mol. The van der Waals surface area contributed by atoms with Gasteiger partial charge < -0.3 is 15.2 Å². The van der Waals surface area contributed by atoms with Crippen LogP contribution in [0.2, 0.25) is 0 Å². The number of aliphatic carboxylic acids is 1. The summed E-state index contributed by atoms with van der Waals surface area (Å²) in [5.74, 6) is -3.58. The van der Waals surface area contributed by atoms with Crippen molar-refractivity contribution in [1.29, 1.82) is 0 Å². The second-order valence-electron chi connectivity index (χ2n) is 5.11. The largest absolute Gasteiger partial charge is 0.474 e. The summed E-state index contributed by atoms with van der Waals surface area (Å²) in [6, 6.07) is 17.0. The molecule has 2 aromatic rings. The van der Waals surface area contributed by atoms with E-state index in [1.807, 2.05) is 24.3 Å². The predicted octanol–water partition coefficient (Wildman–Crippen LogP) is 1.54. The Bertz CT molecular complexity index is 700. The molecule has 1 unspecified atom stereocenters. The zero-order chi connectivity index (χ0) is 17.4. The lowest BCUT2D eigenvalue weighted by molar-refractivity contribution is -0.154. The zero-order valence-corrected chi connectivity index (χ0v) is 12.8. The van der Waals surface area contributed by atoms with E-state index in [1.165, 1.54) is 0 Å². The SMILES string of the molecule is O=C(O)C(=O)NC(Cc1ccccc1)C(=O)OCc1ccccc1. The Hall–Kier alpha value is -3.15. The lowest BCUT2D eigenvalue weighted by atomic mass is 10.1. The van der Waals surface area contributed by atoms with E-state index in [9.17, 15) is 14.4 Å². The van der Waals surface area contributed by atoms with Gasteiger partial charge in [-0.2, -0.15) is 0 Å². The van der Waals surface area contributed by atoms with E-state index < -0.39 is 23.9 Å². The second-order valence-corrected chi connectivity index (χ2v) is 5.11. The average Bonchev–Trinajstić information content (AvgIpc) is 2.60. The van der Waals surface area contributed by atoms with Crippen molar-refractivity contribution in [1.82, 2.24) is 5.32 Å². The van der Waals surface area contributed by atoms with Crippen LogP contribution in [0.5, 0.6) is 0 Å². The van der Waals surface area contributed by atoms with Crippen LogP contribution >= 0.6 is 0 Å². The first-order valence-electron chi connectivity index (χ1n) is 7.34. The Morgan fingerprint density at radius 3 is 2.00 bits per heavy atom. The van der Waals surface area contributed by atoms with Crippen LogP contribution in [0.25, 0.3) is 0 Å². The highest BCUT2D eigenvalue weighted by Gasteiger charge is 2.25. The molecule has 124 valence electrons. The van der Waals surface area contributed by atoms with Crippen molar-refractivity contribution in [2.45, 2.75) is 19.1 Å². The summed E-state index contributed by atoms with van der Waals surface area (Å²) < 4.78 is 5.20. The molecule has 0 heterocycles. The molecule has 0 bridgehead atoms. The van der Waals surface area contributed by atoms with E-state index in [0.717, 1.165) is 11.1 Å². The number of hydrogen-bond acceptors (Lipinski definition) is 4. The fraction of sp³-hybridized carbons (Fsp3) is 0.167. The van der Waals surface area contributed by atoms with Gasteiger partial charge in [0.15, 0.2) is 0 Å². The van der Waals surface area contributed by atoms with Crippen molar-refractivity contribution >= 4 is 17.8 Å². The minimum atomic E-state index is -1.65. The van der Waals surface area contributed by atoms with E-state index in [0.29, 0.717) is 0 Å². The summed E-state index contributed by atoms with van der Waals surface area (Å²) in [5, 5.41) is 10.9. The lowest BCUT2D eigenvalue weighted by Gasteiger charge is -2.17. The number of rotatable bonds is 6. The maximum Gasteiger partial charge on any atom is 0.394 e. The zero-order valence-electron chi connectivity index (χ0n) is 12.8. The first-order valence-corrected chi connectivity index (χ1v) is 7.34. The lowest BCUT2D eigenvalue weighted by Crippen LogP contribution is -2.46. The van der Waals surface area contributed by atoms with E-state index in [-0.39, 0.29) is 13.0 Å². The molecule has 0 aliphatic carbocycles. The number of nitrogens with one attached hydrogen (secondary N) is 1. The van der Waals surface area contributed by atoms with Crippen molar-refractivity contribution in [3.05, 3.63) is 71.8 Å². The number of carboxylic acids is 1. The van der Waals surface area contributed by atoms with Gasteiger partial charge in [-0.3, -0.25) is 4.79 Å². The number of carbonyl (C=O) groups is 3. The van der Waals surface area contributed by atoms with Gasteiger partial charge in [0.25, 0.3) is 0 Å². The first kappa shape index (κ1) is 17.2. The third-order valence-corrected chi connectivity index (χ3v) is 3.29. The van der Waals surface area contributed by atoms with Crippen LogP contribution in [-0.2, 0) is 32.1 Å². The number of carbonyl (C=O) groups excluding carboxylic acids is 2. The molecule has 2 rings (SSSR count). The molecule has 24 heavy (non-hydrogen) atoms. The van der Waals surface area contributed by atoms with Crippen molar-refractivity contribution in [3.8, 4) is 0 Å². The molecule has 0 aliphatic rings. The van der Waals surface area contributed by atoms with Crippen LogP contribution in [0.1, 0.15) is 11.1 Å². The summed E-state index contributed by atoms with van der Waals surface area (Å²) >= 11 is 0. The van der Waals surface area contributed by atoms with Gasteiger partial charge in [0.05, 0.1) is 0 Å². The van der Waals surface area contributed by atoms with E-state index in [4.69, 9.17) is 9.84 Å². The number of carboxylic acid groups (broad SMARTS) is 1. The highest BCUT2D eigenvalue weighted by molar-refractivity contribution is 6.31. The third-order valence-electron chi connectivity index (χ3n) is 3.29. The number of amides is 1. The van der Waals surface area contributed by atoms with E-state index >= 15 is 0 Å². The summed E-state index contributed by atoms with van der Waals surface area (Å²) in [6.45, 7) is 0.0495. The van der Waals surface area contributed by atoms with Crippen molar-refractivity contribution in [2.75, 3.05) is 0 Å². The van der Waals surface area contributed by atoms with Gasteiger partial charge in [-0.05, 0) is 11.1 Å². The minimum absolute atomic E-state index is 0.0495. The molecular formula is C18H17NO5. The number of ether oxygens (including phenoxy) is 1. The third kappa shape index (κ3) is 5.24. The molecule has 1 amide bonds. The molecule has 1 atom stereocenters. The van der Waals surface area contributed by atoms with Gasteiger partial charge in [0, 0.05) is 6.42 Å². The highest BCUT2D eigenvalue weighted by atomic mass is 16.5. The van der Waals surface area contributed by atoms with Gasteiger partial charge in [0.2, 0.25) is 0 Å². The second kappa shape index (κ2) is 8.47. The van der Waals surface area contributed by atoms with Crippen LogP contribution < -0.4 is 5.32 Å². The molecule has 0 aromatic heterocycles. The number of hydrogen-bond donors (Lipinski definition) is 2. The fourth-order valence-electron chi connectivity index (χ4n) is 2.09. The molecule has 0 radical (unpaired) electrons. The minimum Gasteiger partial charge on any atom is -0.474 e. The Morgan fingerprint density at radius 1 is 0.917 bits per heavy atom. The number of benzene rings is 2. The summed E-state index contributed by atoms with van der Waals surface area (Å²) in [6.07, 6.45) is 0.146. The molecule has 0 saturated heterocycles. The molecule has 2 N–H and O–H groups in total.